The molecule has 3 N–H and O–H groups in total. The number of nitrogens with one attached hydrogen (secondary N) is 2. The summed E-state index contributed by atoms with van der Waals surface area (Å²) in [4.78, 5) is 35.0. The summed E-state index contributed by atoms with van der Waals surface area (Å²) in [6, 6.07) is 18.5. The summed E-state index contributed by atoms with van der Waals surface area (Å²) in [7, 11) is 0. The van der Waals surface area contributed by atoms with Crippen molar-refractivity contribution in [1.82, 2.24) is 10.6 Å². The van der Waals surface area contributed by atoms with Gasteiger partial charge in [-0.1, -0.05) is 29.8 Å². The Balaban J connectivity index is 1.44. The molecule has 1 aliphatic carbocycles. The highest BCUT2D eigenvalue weighted by molar-refractivity contribution is 6.32. The number of carbonyl (C=O) groups is 3. The Kier molecular flexibility index (Phi) is 7.49. The summed E-state index contributed by atoms with van der Waals surface area (Å²) < 4.78 is 13.8. The summed E-state index contributed by atoms with van der Waals surface area (Å²) in [5.41, 5.74) is 4.94. The zero-order valence-electron chi connectivity index (χ0n) is 21.0. The van der Waals surface area contributed by atoms with Gasteiger partial charge in [0.1, 0.15) is 18.4 Å². The van der Waals surface area contributed by atoms with Gasteiger partial charge in [-0.15, -0.1) is 0 Å². The van der Waals surface area contributed by atoms with Crippen LogP contribution in [0.2, 0.25) is 5.02 Å². The normalized spacial score (nSPS) is 17.2. The Morgan fingerprint density at radius 1 is 1.07 bits per heavy atom. The number of carboxylic acid groups (broad SMARTS) is 1. The largest absolute Gasteiger partial charge is 0.480 e. The van der Waals surface area contributed by atoms with E-state index in [0.29, 0.717) is 28.3 Å². The highest BCUT2D eigenvalue weighted by atomic mass is 35.5. The third kappa shape index (κ3) is 5.37. The number of amides is 2. The fourth-order valence-electron chi connectivity index (χ4n) is 5.11. The van der Waals surface area contributed by atoms with Crippen LogP contribution in [0.25, 0.3) is 0 Å². The number of aliphatic carboxylic acids is 1. The molecule has 3 aromatic rings. The number of hydrogen-bond donors (Lipinski definition) is 3. The van der Waals surface area contributed by atoms with E-state index in [-0.39, 0.29) is 24.3 Å². The van der Waals surface area contributed by atoms with Crippen LogP contribution in [0, 0.1) is 23.1 Å². The lowest BCUT2D eigenvalue weighted by molar-refractivity contribution is -0.137. The third-order valence-corrected chi connectivity index (χ3v) is 7.29. The predicted octanol–water partition coefficient (Wildman–Crippen LogP) is 3.81. The topological polar surface area (TPSA) is 135 Å². The van der Waals surface area contributed by atoms with E-state index < -0.39 is 24.3 Å². The molecule has 0 saturated carbocycles. The van der Waals surface area contributed by atoms with Crippen molar-refractivity contribution in [3.63, 3.8) is 0 Å². The Hall–Kier alpha value is -4.75. The van der Waals surface area contributed by atoms with E-state index in [4.69, 9.17) is 21.8 Å². The average Bonchev–Trinajstić information content (AvgIpc) is 3.35. The second kappa shape index (κ2) is 11.2. The first-order valence-corrected chi connectivity index (χ1v) is 12.9. The number of carboxylic acids is 1. The maximum Gasteiger partial charge on any atom is 0.322 e. The molecule has 0 spiro atoms. The first-order valence-electron chi connectivity index (χ1n) is 12.5. The third-order valence-electron chi connectivity index (χ3n) is 6.97. The van der Waals surface area contributed by atoms with E-state index in [9.17, 15) is 24.0 Å². The maximum absolute atomic E-state index is 13.8. The minimum absolute atomic E-state index is 0.0232. The summed E-state index contributed by atoms with van der Waals surface area (Å²) in [5, 5.41) is 29.8. The molecule has 0 saturated heterocycles. The molecule has 1 aliphatic heterocycles. The number of hydrazone groups is 1. The number of carbonyl (C=O) groups excluding carboxylic acids is 2. The van der Waals surface area contributed by atoms with Crippen LogP contribution in [0.5, 0.6) is 0 Å². The van der Waals surface area contributed by atoms with Gasteiger partial charge < -0.3 is 15.7 Å². The van der Waals surface area contributed by atoms with Crippen LogP contribution >= 0.6 is 11.6 Å². The van der Waals surface area contributed by atoms with E-state index in [1.807, 2.05) is 11.1 Å². The second-order valence-corrected chi connectivity index (χ2v) is 9.88. The lowest BCUT2D eigenvalue weighted by Crippen LogP contribution is -2.39. The molecule has 2 atom stereocenters. The fourth-order valence-corrected chi connectivity index (χ4v) is 5.33. The van der Waals surface area contributed by atoms with Crippen molar-refractivity contribution in [2.45, 2.75) is 18.9 Å². The number of fused-ring (bicyclic) bond motifs is 3. The lowest BCUT2D eigenvalue weighted by atomic mass is 9.77. The molecule has 40 heavy (non-hydrogen) atoms. The number of aryl methyl sites for hydroxylation is 1. The van der Waals surface area contributed by atoms with Gasteiger partial charge in [0.15, 0.2) is 0 Å². The van der Waals surface area contributed by atoms with Crippen LogP contribution in [-0.2, 0) is 16.0 Å². The van der Waals surface area contributed by atoms with Gasteiger partial charge in [-0.25, -0.2) is 4.39 Å². The zero-order valence-corrected chi connectivity index (χ0v) is 21.8. The van der Waals surface area contributed by atoms with Crippen molar-refractivity contribution >= 4 is 40.8 Å². The van der Waals surface area contributed by atoms with Crippen LogP contribution in [0.1, 0.15) is 45.1 Å². The number of benzene rings is 3. The Bertz CT molecular complexity index is 1580. The molecular weight excluding hydrogens is 537 g/mol. The molecule has 11 heteroatoms. The van der Waals surface area contributed by atoms with Gasteiger partial charge in [0.2, 0.25) is 5.91 Å². The predicted molar refractivity (Wildman–Crippen MR) is 146 cm³/mol. The van der Waals surface area contributed by atoms with Gasteiger partial charge >= 0.3 is 5.97 Å². The standard InChI is InChI=1S/C29H23ClFN5O4/c30-24-12-21(8-3-19(24)13-32)36-28(16-1-6-20(31)7-2-16)23-10-4-17-11-18(5-9-22(17)27(23)35-36)29(40)34-14-25(37)33-15-26(38)39/h1-3,5-9,11-12,23,28H,4,10,14-15H2,(H,33,37)(H,34,40)(H,38,39). The molecule has 2 aliphatic rings. The Morgan fingerprint density at radius 2 is 1.85 bits per heavy atom. The Labute approximate surface area is 233 Å². The monoisotopic (exact) mass is 559 g/mol. The average molecular weight is 560 g/mol. The van der Waals surface area contributed by atoms with Gasteiger partial charge in [-0.05, 0) is 66.4 Å². The molecule has 202 valence electrons. The van der Waals surface area contributed by atoms with Crippen molar-refractivity contribution in [3.8, 4) is 6.07 Å². The molecule has 0 radical (unpaired) electrons. The van der Waals surface area contributed by atoms with Crippen molar-refractivity contribution < 1.29 is 23.9 Å². The van der Waals surface area contributed by atoms with Gasteiger partial charge in [0.05, 0.1) is 34.6 Å². The summed E-state index contributed by atoms with van der Waals surface area (Å²) >= 11 is 6.34. The minimum atomic E-state index is -1.18. The molecule has 2 amide bonds. The van der Waals surface area contributed by atoms with E-state index in [1.54, 1.807) is 42.5 Å². The van der Waals surface area contributed by atoms with Crippen LogP contribution in [0.15, 0.2) is 65.8 Å². The first-order chi connectivity index (χ1) is 19.2. The smallest absolute Gasteiger partial charge is 0.322 e. The van der Waals surface area contributed by atoms with Crippen molar-refractivity contribution in [2.75, 3.05) is 18.1 Å². The number of nitrogens with zero attached hydrogens (tertiary/aromatic N) is 3. The molecule has 3 aromatic carbocycles. The second-order valence-electron chi connectivity index (χ2n) is 9.47. The van der Waals surface area contributed by atoms with E-state index >= 15 is 0 Å². The molecule has 5 rings (SSSR count). The minimum Gasteiger partial charge on any atom is -0.480 e. The van der Waals surface area contributed by atoms with Gasteiger partial charge in [0, 0.05) is 17.0 Å². The first kappa shape index (κ1) is 26.8. The lowest BCUT2D eigenvalue weighted by Gasteiger charge is -2.31. The SMILES string of the molecule is N#Cc1ccc(N2N=C3c4ccc(C(=O)NCC(=O)NCC(=O)O)cc4CCC3C2c2ccc(F)cc2)cc1Cl. The van der Waals surface area contributed by atoms with E-state index in [1.165, 1.54) is 12.1 Å². The summed E-state index contributed by atoms with van der Waals surface area (Å²) in [5.74, 6) is -2.60. The summed E-state index contributed by atoms with van der Waals surface area (Å²) in [6.45, 7) is -0.874. The number of nitriles is 1. The van der Waals surface area contributed by atoms with Gasteiger partial charge in [-0.2, -0.15) is 10.4 Å². The quantitative estimate of drug-likeness (QED) is 0.403. The molecule has 2 unspecified atom stereocenters. The van der Waals surface area contributed by atoms with Crippen LogP contribution in [0.3, 0.4) is 0 Å². The Morgan fingerprint density at radius 3 is 2.55 bits per heavy atom. The molecule has 1 heterocycles. The molecule has 9 nitrogen and oxygen atoms in total. The van der Waals surface area contributed by atoms with Crippen molar-refractivity contribution in [2.24, 2.45) is 11.0 Å². The van der Waals surface area contributed by atoms with E-state index in [2.05, 4.69) is 16.7 Å². The summed E-state index contributed by atoms with van der Waals surface area (Å²) in [6.07, 6.45) is 1.38. The van der Waals surface area contributed by atoms with Gasteiger partial charge in [0.25, 0.3) is 5.91 Å². The number of anilines is 1. The number of halogens is 2. The van der Waals surface area contributed by atoms with Crippen LogP contribution in [0.4, 0.5) is 10.1 Å². The molecule has 0 aromatic heterocycles. The fraction of sp³-hybridized carbons (Fsp3) is 0.207. The number of hydrogen-bond acceptors (Lipinski definition) is 6. The van der Waals surface area contributed by atoms with Gasteiger partial charge in [-0.3, -0.25) is 19.4 Å². The molecular formula is C29H23ClFN5O4. The van der Waals surface area contributed by atoms with Crippen LogP contribution in [-0.4, -0.2) is 41.7 Å². The molecule has 0 bridgehead atoms. The van der Waals surface area contributed by atoms with Crippen molar-refractivity contribution in [1.29, 1.82) is 5.26 Å². The van der Waals surface area contributed by atoms with Crippen LogP contribution < -0.4 is 15.6 Å². The molecule has 0 fully saturated rings. The van der Waals surface area contributed by atoms with E-state index in [0.717, 1.165) is 28.8 Å². The number of rotatable bonds is 7. The van der Waals surface area contributed by atoms with Crippen molar-refractivity contribution in [3.05, 3.63) is 99.3 Å². The zero-order chi connectivity index (χ0) is 28.4. The highest BCUT2D eigenvalue weighted by Gasteiger charge is 2.42. The highest BCUT2D eigenvalue weighted by Crippen LogP contribution is 2.46. The maximum atomic E-state index is 13.8.